The summed E-state index contributed by atoms with van der Waals surface area (Å²) in [5.74, 6) is 0.637. The Morgan fingerprint density at radius 1 is 1.10 bits per heavy atom. The number of halogens is 3. The average Bonchev–Trinajstić information content (AvgIpc) is 3.59. The summed E-state index contributed by atoms with van der Waals surface area (Å²) in [5, 5.41) is 13.8. The molecular formula is C31H33F3N6. The first-order valence-electron chi connectivity index (χ1n) is 13.8. The highest BCUT2D eigenvalue weighted by Crippen LogP contribution is 2.40. The van der Waals surface area contributed by atoms with Crippen molar-refractivity contribution in [3.05, 3.63) is 82.4 Å². The fraction of sp³-hybridized carbons (Fsp3) is 0.419. The maximum Gasteiger partial charge on any atom is 0.434 e. The molecule has 2 unspecified atom stereocenters. The van der Waals surface area contributed by atoms with E-state index in [-0.39, 0.29) is 23.8 Å². The van der Waals surface area contributed by atoms with E-state index in [0.29, 0.717) is 23.7 Å². The normalized spacial score (nSPS) is 19.1. The zero-order chi connectivity index (χ0) is 28.6. The topological polar surface area (TPSA) is 78.9 Å². The average molecular weight is 547 g/mol. The van der Waals surface area contributed by atoms with Crippen molar-refractivity contribution in [1.82, 2.24) is 19.9 Å². The van der Waals surface area contributed by atoms with Crippen LogP contribution in [0.25, 0.3) is 11.5 Å². The number of nitriles is 1. The summed E-state index contributed by atoms with van der Waals surface area (Å²) in [4.78, 5) is 13.4. The molecule has 3 heterocycles. The number of fused-ring (bicyclic) bond motifs is 1. The number of hydrogen-bond donors (Lipinski definition) is 1. The number of dihydropyridines is 1. The molecule has 9 heteroatoms. The maximum absolute atomic E-state index is 13.3. The number of aliphatic imine (C=N–C) groups is 1. The first-order valence-corrected chi connectivity index (χ1v) is 13.8. The van der Waals surface area contributed by atoms with Crippen LogP contribution in [0, 0.1) is 17.2 Å². The number of benzene rings is 1. The molecule has 6 nitrogen and oxygen atoms in total. The molecule has 1 aromatic carbocycles. The van der Waals surface area contributed by atoms with Crippen LogP contribution in [0.1, 0.15) is 81.3 Å². The van der Waals surface area contributed by atoms with Crippen LogP contribution in [0.15, 0.2) is 65.1 Å². The fourth-order valence-electron chi connectivity index (χ4n) is 5.70. The molecule has 1 aliphatic heterocycles. The van der Waals surface area contributed by atoms with Crippen molar-refractivity contribution in [2.75, 3.05) is 0 Å². The molecular weight excluding hydrogens is 513 g/mol. The highest BCUT2D eigenvalue weighted by molar-refractivity contribution is 6.17. The molecule has 0 spiro atoms. The Bertz CT molecular complexity index is 1490. The number of allylic oxidation sites excluding steroid dienone is 1. The van der Waals surface area contributed by atoms with Crippen LogP contribution in [0.4, 0.5) is 13.2 Å². The Hall–Kier alpha value is -3.93. The van der Waals surface area contributed by atoms with Gasteiger partial charge in [0.05, 0.1) is 17.3 Å². The van der Waals surface area contributed by atoms with Crippen molar-refractivity contribution < 1.29 is 13.2 Å². The van der Waals surface area contributed by atoms with Gasteiger partial charge in [-0.15, -0.1) is 0 Å². The van der Waals surface area contributed by atoms with Gasteiger partial charge in [0, 0.05) is 42.2 Å². The standard InChI is InChI=1S/C31H33F3N6/c1-18(2)21-8-5-6-9-22(21)29-24(14-35)28(23-10-7-11-25(23)38-29)37-16-20-12-13-26(36-15-20)30-39-27(31(32,33)34)17-40(30)19(3)4/h5-6,8-9,12-13,15,17-19,23,25,37H,7,10-11,16H2,1-4H3. The van der Waals surface area contributed by atoms with Crippen LogP contribution in [-0.2, 0) is 12.7 Å². The first kappa shape index (κ1) is 27.6. The monoisotopic (exact) mass is 546 g/mol. The molecule has 208 valence electrons. The molecule has 0 amide bonds. The van der Waals surface area contributed by atoms with Gasteiger partial charge in [0.15, 0.2) is 11.5 Å². The Morgan fingerprint density at radius 2 is 1.88 bits per heavy atom. The van der Waals surface area contributed by atoms with Crippen molar-refractivity contribution >= 4 is 5.71 Å². The molecule has 0 saturated heterocycles. The Balaban J connectivity index is 1.43. The van der Waals surface area contributed by atoms with Gasteiger partial charge in [0.1, 0.15) is 11.8 Å². The molecule has 2 aromatic heterocycles. The molecule has 1 aliphatic carbocycles. The predicted molar refractivity (Wildman–Crippen MR) is 149 cm³/mol. The van der Waals surface area contributed by atoms with Gasteiger partial charge in [0.2, 0.25) is 0 Å². The van der Waals surface area contributed by atoms with Crippen LogP contribution in [-0.4, -0.2) is 26.3 Å². The summed E-state index contributed by atoms with van der Waals surface area (Å²) in [7, 11) is 0. The van der Waals surface area contributed by atoms with Crippen molar-refractivity contribution in [3.8, 4) is 17.6 Å². The largest absolute Gasteiger partial charge is 0.434 e. The molecule has 2 aliphatic rings. The zero-order valence-electron chi connectivity index (χ0n) is 23.1. The Kier molecular flexibility index (Phi) is 7.54. The van der Waals surface area contributed by atoms with Gasteiger partial charge in [-0.25, -0.2) is 4.98 Å². The molecule has 2 atom stereocenters. The number of alkyl halides is 3. The maximum atomic E-state index is 13.3. The van der Waals surface area contributed by atoms with E-state index >= 15 is 0 Å². The second kappa shape index (κ2) is 10.9. The van der Waals surface area contributed by atoms with Crippen LogP contribution >= 0.6 is 0 Å². The molecule has 1 fully saturated rings. The summed E-state index contributed by atoms with van der Waals surface area (Å²) in [5.41, 5.74) is 4.72. The van der Waals surface area contributed by atoms with Crippen molar-refractivity contribution in [1.29, 1.82) is 5.26 Å². The van der Waals surface area contributed by atoms with Gasteiger partial charge in [-0.05, 0) is 49.8 Å². The van der Waals surface area contributed by atoms with E-state index in [2.05, 4.69) is 41.3 Å². The van der Waals surface area contributed by atoms with E-state index in [4.69, 9.17) is 4.99 Å². The second-order valence-corrected chi connectivity index (χ2v) is 11.1. The first-order chi connectivity index (χ1) is 19.1. The number of pyridine rings is 1. The number of imidazole rings is 1. The van der Waals surface area contributed by atoms with Crippen molar-refractivity contribution in [2.45, 2.75) is 77.7 Å². The van der Waals surface area contributed by atoms with E-state index in [1.54, 1.807) is 12.3 Å². The van der Waals surface area contributed by atoms with Crippen molar-refractivity contribution in [2.24, 2.45) is 10.9 Å². The Morgan fingerprint density at radius 3 is 2.52 bits per heavy atom. The minimum absolute atomic E-state index is 0.132. The minimum atomic E-state index is -4.53. The van der Waals surface area contributed by atoms with Crippen LogP contribution in [0.3, 0.4) is 0 Å². The Labute approximate surface area is 232 Å². The lowest BCUT2D eigenvalue weighted by molar-refractivity contribution is -0.140. The number of hydrogen-bond acceptors (Lipinski definition) is 5. The third-order valence-corrected chi connectivity index (χ3v) is 7.72. The molecule has 0 bridgehead atoms. The molecule has 3 aromatic rings. The molecule has 0 radical (unpaired) electrons. The summed E-state index contributed by atoms with van der Waals surface area (Å²) in [6.45, 7) is 8.33. The fourth-order valence-corrected chi connectivity index (χ4v) is 5.70. The SMILES string of the molecule is CC(C)c1ccccc1C1=NC2CCCC2C(NCc2ccc(-c3nc(C(F)(F)F)cn3C(C)C)nc2)=C1C#N. The molecule has 1 N–H and O–H groups in total. The summed E-state index contributed by atoms with van der Waals surface area (Å²) >= 11 is 0. The summed E-state index contributed by atoms with van der Waals surface area (Å²) in [6.07, 6.45) is 1.17. The highest BCUT2D eigenvalue weighted by Gasteiger charge is 2.38. The smallest absolute Gasteiger partial charge is 0.383 e. The van der Waals surface area contributed by atoms with Gasteiger partial charge in [0.25, 0.3) is 0 Å². The van der Waals surface area contributed by atoms with E-state index in [1.165, 1.54) is 4.57 Å². The van der Waals surface area contributed by atoms with Crippen LogP contribution < -0.4 is 5.32 Å². The molecule has 1 saturated carbocycles. The third-order valence-electron chi connectivity index (χ3n) is 7.72. The molecule has 40 heavy (non-hydrogen) atoms. The van der Waals surface area contributed by atoms with Crippen LogP contribution in [0.2, 0.25) is 0 Å². The van der Waals surface area contributed by atoms with Gasteiger partial charge in [-0.1, -0.05) is 50.6 Å². The number of nitrogens with zero attached hydrogens (tertiary/aromatic N) is 5. The number of nitrogens with one attached hydrogen (secondary N) is 1. The molecule has 5 rings (SSSR count). The second-order valence-electron chi connectivity index (χ2n) is 11.1. The summed E-state index contributed by atoms with van der Waals surface area (Å²) < 4.78 is 41.4. The number of rotatable bonds is 7. The van der Waals surface area contributed by atoms with Gasteiger partial charge in [-0.2, -0.15) is 18.4 Å². The summed E-state index contributed by atoms with van der Waals surface area (Å²) in [6, 6.07) is 14.1. The van der Waals surface area contributed by atoms with Gasteiger partial charge < -0.3 is 9.88 Å². The number of aromatic nitrogens is 3. The van der Waals surface area contributed by atoms with E-state index < -0.39 is 11.9 Å². The lowest BCUT2D eigenvalue weighted by Gasteiger charge is -2.29. The van der Waals surface area contributed by atoms with E-state index in [9.17, 15) is 18.4 Å². The van der Waals surface area contributed by atoms with Crippen LogP contribution in [0.5, 0.6) is 0 Å². The lowest BCUT2D eigenvalue weighted by atomic mass is 9.85. The highest BCUT2D eigenvalue weighted by atomic mass is 19.4. The third kappa shape index (κ3) is 5.27. The van der Waals surface area contributed by atoms with Gasteiger partial charge >= 0.3 is 6.18 Å². The quantitative estimate of drug-likeness (QED) is 0.340. The zero-order valence-corrected chi connectivity index (χ0v) is 23.1. The van der Waals surface area contributed by atoms with E-state index in [1.807, 2.05) is 38.1 Å². The van der Waals surface area contributed by atoms with E-state index in [0.717, 1.165) is 53.6 Å². The predicted octanol–water partition coefficient (Wildman–Crippen LogP) is 7.21. The van der Waals surface area contributed by atoms with Crippen molar-refractivity contribution in [3.63, 3.8) is 0 Å². The minimum Gasteiger partial charge on any atom is -0.383 e. The lowest BCUT2D eigenvalue weighted by Crippen LogP contribution is -2.33. The van der Waals surface area contributed by atoms with Gasteiger partial charge in [-0.3, -0.25) is 9.98 Å².